The summed E-state index contributed by atoms with van der Waals surface area (Å²) < 4.78 is 23.6. The summed E-state index contributed by atoms with van der Waals surface area (Å²) in [4.78, 5) is 40.3. The molecule has 0 spiro atoms. The van der Waals surface area contributed by atoms with Gasteiger partial charge in [-0.25, -0.2) is 13.4 Å². The summed E-state index contributed by atoms with van der Waals surface area (Å²) in [6.45, 7) is 3.16. The van der Waals surface area contributed by atoms with Crippen LogP contribution in [0.2, 0.25) is 0 Å². The van der Waals surface area contributed by atoms with E-state index in [-0.39, 0.29) is 34.4 Å². The van der Waals surface area contributed by atoms with E-state index in [1.807, 2.05) is 0 Å². The summed E-state index contributed by atoms with van der Waals surface area (Å²) in [7, 11) is -3.39. The van der Waals surface area contributed by atoms with E-state index in [1.165, 1.54) is 30.5 Å². The second-order valence-corrected chi connectivity index (χ2v) is 12.1. The van der Waals surface area contributed by atoms with Gasteiger partial charge in [-0.2, -0.15) is 0 Å². The highest BCUT2D eigenvalue weighted by Gasteiger charge is 2.25. The van der Waals surface area contributed by atoms with Gasteiger partial charge < -0.3 is 14.8 Å². The number of aromatic nitrogens is 1. The number of nitrogens with zero attached hydrogens (tertiary/aromatic N) is 4. The summed E-state index contributed by atoms with van der Waals surface area (Å²) in [6.07, 6.45) is 6.28. The molecule has 0 bridgehead atoms. The molecular weight excluding hydrogens is 518 g/mol. The fraction of sp³-hybridized carbons (Fsp3) is 0.500. The van der Waals surface area contributed by atoms with E-state index in [9.17, 15) is 18.0 Å². The Morgan fingerprint density at radius 3 is 2.46 bits per heavy atom. The largest absolute Gasteiger partial charge is 0.395 e. The summed E-state index contributed by atoms with van der Waals surface area (Å²) in [6, 6.07) is 5.87. The van der Waals surface area contributed by atoms with Crippen LogP contribution in [0.5, 0.6) is 0 Å². The molecule has 13 heteroatoms. The zero-order valence-corrected chi connectivity index (χ0v) is 22.3. The van der Waals surface area contributed by atoms with Crippen molar-refractivity contribution in [3.05, 3.63) is 40.9 Å². The van der Waals surface area contributed by atoms with Crippen LogP contribution in [-0.4, -0.2) is 97.5 Å². The molecular formula is C24H31N5O6S2. The van der Waals surface area contributed by atoms with Crippen molar-refractivity contribution in [1.82, 2.24) is 14.8 Å². The Hall–Kier alpha value is -2.87. The average Bonchev–Trinajstić information content (AvgIpc) is 3.57. The van der Waals surface area contributed by atoms with Gasteiger partial charge in [-0.15, -0.1) is 0 Å². The van der Waals surface area contributed by atoms with Crippen LogP contribution in [0.15, 0.2) is 40.5 Å². The van der Waals surface area contributed by atoms with Gasteiger partial charge in [0.05, 0.1) is 17.7 Å². The minimum absolute atomic E-state index is 0.00460. The third-order valence-corrected chi connectivity index (χ3v) is 8.41. The number of benzene rings is 1. The van der Waals surface area contributed by atoms with Gasteiger partial charge in [0, 0.05) is 44.5 Å². The highest BCUT2D eigenvalue weighted by atomic mass is 32.2. The normalized spacial score (nSPS) is 17.7. The fourth-order valence-electron chi connectivity index (χ4n) is 4.27. The molecule has 4 rings (SSSR count). The van der Waals surface area contributed by atoms with Crippen molar-refractivity contribution in [2.24, 2.45) is 5.16 Å². The van der Waals surface area contributed by atoms with E-state index in [1.54, 1.807) is 4.90 Å². The molecule has 1 saturated carbocycles. The molecule has 2 N–H and O–H groups in total. The zero-order chi connectivity index (χ0) is 26.4. The number of nitrogens with one attached hydrogen (secondary N) is 1. The molecule has 2 fully saturated rings. The molecule has 1 aliphatic heterocycles. The maximum absolute atomic E-state index is 13.2. The number of thiazole rings is 1. The lowest BCUT2D eigenvalue weighted by atomic mass is 10.1. The van der Waals surface area contributed by atoms with E-state index < -0.39 is 15.7 Å². The number of sulfone groups is 1. The first kappa shape index (κ1) is 27.2. The van der Waals surface area contributed by atoms with Gasteiger partial charge in [-0.05, 0) is 37.8 Å². The van der Waals surface area contributed by atoms with Crippen LogP contribution in [-0.2, 0) is 19.5 Å². The lowest BCUT2D eigenvalue weighted by molar-refractivity contribution is -0.110. The molecule has 2 heterocycles. The number of aliphatic hydroxyl groups is 1. The molecule has 200 valence electrons. The van der Waals surface area contributed by atoms with Crippen molar-refractivity contribution in [3.8, 4) is 0 Å². The Morgan fingerprint density at radius 2 is 1.84 bits per heavy atom. The van der Waals surface area contributed by atoms with Gasteiger partial charge in [-0.1, -0.05) is 28.6 Å². The van der Waals surface area contributed by atoms with Crippen molar-refractivity contribution in [3.63, 3.8) is 0 Å². The van der Waals surface area contributed by atoms with Gasteiger partial charge >= 0.3 is 0 Å². The van der Waals surface area contributed by atoms with Gasteiger partial charge in [-0.3, -0.25) is 19.8 Å². The molecule has 37 heavy (non-hydrogen) atoms. The SMILES string of the molecule is CS(=O)(=O)c1ccc(/C(=N\OC2CCCC2)C(=O)Nc2ncc(C(=O)N3CCN(CCO)CC3)s2)cc1. The van der Waals surface area contributed by atoms with Gasteiger partial charge in [0.2, 0.25) is 0 Å². The maximum Gasteiger partial charge on any atom is 0.280 e. The number of amides is 2. The standard InChI is InChI=1S/C24H31N5O6S2/c1-37(33,34)19-8-6-17(7-9-19)21(27-35-18-4-2-3-5-18)22(31)26-24-25-16-20(36-24)23(32)29-12-10-28(11-13-29)14-15-30/h6-9,16,18,30H,2-5,10-15H2,1H3,(H,25,26,31)/b27-21+. The Bertz CT molecular complexity index is 1230. The maximum atomic E-state index is 13.2. The molecule has 2 aromatic rings. The van der Waals surface area contributed by atoms with Gasteiger partial charge in [0.25, 0.3) is 11.8 Å². The molecule has 1 aromatic heterocycles. The number of piperazine rings is 1. The second kappa shape index (κ2) is 12.1. The molecule has 1 aliphatic carbocycles. The molecule has 2 amide bonds. The second-order valence-electron chi connectivity index (χ2n) is 9.09. The molecule has 2 aliphatic rings. The molecule has 0 unspecified atom stereocenters. The number of carbonyl (C=O) groups excluding carboxylic acids is 2. The van der Waals surface area contributed by atoms with Crippen molar-refractivity contribution < 1.29 is 28.0 Å². The minimum atomic E-state index is -3.39. The van der Waals surface area contributed by atoms with Crippen LogP contribution in [0, 0.1) is 0 Å². The van der Waals surface area contributed by atoms with Crippen LogP contribution in [0.25, 0.3) is 0 Å². The van der Waals surface area contributed by atoms with Crippen molar-refractivity contribution in [2.45, 2.75) is 36.7 Å². The molecule has 0 atom stereocenters. The monoisotopic (exact) mass is 549 g/mol. The number of aliphatic hydroxyl groups excluding tert-OH is 1. The number of oxime groups is 1. The smallest absolute Gasteiger partial charge is 0.280 e. The van der Waals surface area contributed by atoms with Crippen LogP contribution < -0.4 is 5.32 Å². The van der Waals surface area contributed by atoms with Crippen molar-refractivity contribution in [2.75, 3.05) is 50.9 Å². The summed E-state index contributed by atoms with van der Waals surface area (Å²) in [5.41, 5.74) is 0.395. The average molecular weight is 550 g/mol. The van der Waals surface area contributed by atoms with Gasteiger partial charge in [0.1, 0.15) is 11.0 Å². The third-order valence-electron chi connectivity index (χ3n) is 6.38. The number of β-amino-alcohol motifs (C(OH)–C–C–N with tert-alkyl or cyclic N) is 1. The van der Waals surface area contributed by atoms with Crippen LogP contribution in [0.3, 0.4) is 0 Å². The van der Waals surface area contributed by atoms with Crippen LogP contribution >= 0.6 is 11.3 Å². The first-order valence-electron chi connectivity index (χ1n) is 12.2. The Labute approximate surface area is 220 Å². The Morgan fingerprint density at radius 1 is 1.16 bits per heavy atom. The lowest BCUT2D eigenvalue weighted by Gasteiger charge is -2.34. The first-order valence-corrected chi connectivity index (χ1v) is 14.9. The van der Waals surface area contributed by atoms with E-state index in [0.717, 1.165) is 43.3 Å². The summed E-state index contributed by atoms with van der Waals surface area (Å²) >= 11 is 1.07. The van der Waals surface area contributed by atoms with E-state index in [0.29, 0.717) is 43.2 Å². The topological polar surface area (TPSA) is 142 Å². The summed E-state index contributed by atoms with van der Waals surface area (Å²) in [5.74, 6) is -0.729. The minimum Gasteiger partial charge on any atom is -0.395 e. The van der Waals surface area contributed by atoms with Crippen molar-refractivity contribution in [1.29, 1.82) is 0 Å². The number of anilines is 1. The van der Waals surface area contributed by atoms with Crippen LogP contribution in [0.1, 0.15) is 40.9 Å². The van der Waals surface area contributed by atoms with Crippen molar-refractivity contribution >= 4 is 43.8 Å². The van der Waals surface area contributed by atoms with E-state index in [4.69, 9.17) is 9.94 Å². The number of hydrogen-bond acceptors (Lipinski definition) is 10. The highest BCUT2D eigenvalue weighted by Crippen LogP contribution is 2.23. The predicted molar refractivity (Wildman–Crippen MR) is 140 cm³/mol. The summed E-state index contributed by atoms with van der Waals surface area (Å²) in [5, 5.41) is 16.2. The van der Waals surface area contributed by atoms with Crippen LogP contribution in [0.4, 0.5) is 5.13 Å². The highest BCUT2D eigenvalue weighted by molar-refractivity contribution is 7.90. The number of rotatable bonds is 9. The molecule has 0 radical (unpaired) electrons. The molecule has 1 aromatic carbocycles. The Kier molecular flexibility index (Phi) is 8.90. The van der Waals surface area contributed by atoms with E-state index >= 15 is 0 Å². The number of carbonyl (C=O) groups is 2. The predicted octanol–water partition coefficient (Wildman–Crippen LogP) is 1.60. The zero-order valence-electron chi connectivity index (χ0n) is 20.6. The van der Waals surface area contributed by atoms with E-state index in [2.05, 4.69) is 20.4 Å². The first-order chi connectivity index (χ1) is 17.7. The third kappa shape index (κ3) is 7.12. The fourth-order valence-corrected chi connectivity index (χ4v) is 5.67. The molecule has 1 saturated heterocycles. The quantitative estimate of drug-likeness (QED) is 0.355. The Balaban J connectivity index is 1.46. The lowest BCUT2D eigenvalue weighted by Crippen LogP contribution is -2.49. The van der Waals surface area contributed by atoms with Gasteiger partial charge in [0.15, 0.2) is 20.7 Å². The molecule has 11 nitrogen and oxygen atoms in total. The number of hydrogen-bond donors (Lipinski definition) is 2.